The molecule has 0 spiro atoms. The fraction of sp³-hybridized carbons (Fsp3) is 0.385. The van der Waals surface area contributed by atoms with E-state index < -0.39 is 0 Å². The minimum Gasteiger partial charge on any atom is -0.494 e. The van der Waals surface area contributed by atoms with Gasteiger partial charge in [0, 0.05) is 6.04 Å². The lowest BCUT2D eigenvalue weighted by Crippen LogP contribution is -2.19. The van der Waals surface area contributed by atoms with E-state index in [1.165, 1.54) is 18.6 Å². The van der Waals surface area contributed by atoms with Crippen LogP contribution in [0.2, 0.25) is 0 Å². The molecule has 1 heterocycles. The number of ether oxygens (including phenoxy) is 1. The zero-order valence-corrected chi connectivity index (χ0v) is 11.9. The number of rotatable bonds is 5. The van der Waals surface area contributed by atoms with Gasteiger partial charge in [0.2, 0.25) is 0 Å². The van der Waals surface area contributed by atoms with E-state index in [2.05, 4.69) is 14.9 Å². The number of nitrogens with zero attached hydrogens (tertiary/aromatic N) is 2. The molecule has 102 valence electrons. The summed E-state index contributed by atoms with van der Waals surface area (Å²) < 4.78 is 23.1. The minimum atomic E-state index is -0.305. The quantitative estimate of drug-likeness (QED) is 0.914. The highest BCUT2D eigenvalue weighted by molar-refractivity contribution is 7.05. The number of likely N-dealkylation sites (N-methyl/N-ethyl adjacent to an activating group) is 1. The van der Waals surface area contributed by atoms with Crippen LogP contribution in [0.5, 0.6) is 5.75 Å². The standard InChI is InChI=1S/C13H16FN3OS/c1-8-13(19-17-16-8)10(15-2)7-9-5-4-6-11(18-3)12(9)14/h4-6,10,15H,7H2,1-3H3. The number of halogens is 1. The van der Waals surface area contributed by atoms with Gasteiger partial charge in [-0.15, -0.1) is 5.10 Å². The van der Waals surface area contributed by atoms with Crippen LogP contribution in [-0.4, -0.2) is 23.7 Å². The molecule has 4 nitrogen and oxygen atoms in total. The Morgan fingerprint density at radius 1 is 1.47 bits per heavy atom. The van der Waals surface area contributed by atoms with Gasteiger partial charge in [-0.25, -0.2) is 4.39 Å². The number of methoxy groups -OCH3 is 1. The molecule has 0 radical (unpaired) electrons. The van der Waals surface area contributed by atoms with Crippen molar-refractivity contribution in [2.75, 3.05) is 14.2 Å². The third-order valence-corrected chi connectivity index (χ3v) is 3.98. The Balaban J connectivity index is 2.27. The summed E-state index contributed by atoms with van der Waals surface area (Å²) in [5.74, 6) is -0.0353. The molecule has 1 aromatic heterocycles. The van der Waals surface area contributed by atoms with Crippen LogP contribution in [0.25, 0.3) is 0 Å². The van der Waals surface area contributed by atoms with Crippen molar-refractivity contribution in [2.45, 2.75) is 19.4 Å². The smallest absolute Gasteiger partial charge is 0.168 e. The average molecular weight is 281 g/mol. The minimum absolute atomic E-state index is 0.00149. The number of hydrogen-bond acceptors (Lipinski definition) is 5. The SMILES string of the molecule is CNC(Cc1cccc(OC)c1F)c1snnc1C. The summed E-state index contributed by atoms with van der Waals surface area (Å²) >= 11 is 1.34. The maximum Gasteiger partial charge on any atom is 0.168 e. The van der Waals surface area contributed by atoms with Gasteiger partial charge in [-0.2, -0.15) is 0 Å². The van der Waals surface area contributed by atoms with Crippen LogP contribution in [0.1, 0.15) is 22.2 Å². The monoisotopic (exact) mass is 281 g/mol. The van der Waals surface area contributed by atoms with Gasteiger partial charge in [-0.1, -0.05) is 16.6 Å². The molecular weight excluding hydrogens is 265 g/mol. The largest absolute Gasteiger partial charge is 0.494 e. The maximum absolute atomic E-state index is 14.1. The molecule has 0 saturated carbocycles. The number of aryl methyl sites for hydroxylation is 1. The molecule has 0 aliphatic carbocycles. The Kier molecular flexibility index (Phi) is 4.44. The summed E-state index contributed by atoms with van der Waals surface area (Å²) in [7, 11) is 3.32. The van der Waals surface area contributed by atoms with Crippen molar-refractivity contribution in [1.29, 1.82) is 0 Å². The molecule has 0 aliphatic rings. The highest BCUT2D eigenvalue weighted by Crippen LogP contribution is 2.27. The molecule has 0 aliphatic heterocycles. The fourth-order valence-corrected chi connectivity index (χ4v) is 2.73. The lowest BCUT2D eigenvalue weighted by atomic mass is 10.0. The Labute approximate surface area is 115 Å². The van der Waals surface area contributed by atoms with Crippen molar-refractivity contribution in [1.82, 2.24) is 14.9 Å². The van der Waals surface area contributed by atoms with Crippen molar-refractivity contribution in [3.05, 3.63) is 40.2 Å². The van der Waals surface area contributed by atoms with Gasteiger partial charge >= 0.3 is 0 Å². The predicted molar refractivity (Wildman–Crippen MR) is 73.1 cm³/mol. The van der Waals surface area contributed by atoms with Crippen LogP contribution in [-0.2, 0) is 6.42 Å². The Hall–Kier alpha value is -1.53. The summed E-state index contributed by atoms with van der Waals surface area (Å²) in [6.07, 6.45) is 0.532. The van der Waals surface area contributed by atoms with Crippen molar-refractivity contribution >= 4 is 11.5 Å². The molecule has 2 aromatic rings. The van der Waals surface area contributed by atoms with Gasteiger partial charge in [-0.3, -0.25) is 0 Å². The van der Waals surface area contributed by atoms with Crippen LogP contribution in [0.3, 0.4) is 0 Å². The van der Waals surface area contributed by atoms with Gasteiger partial charge in [0.15, 0.2) is 11.6 Å². The van der Waals surface area contributed by atoms with Crippen LogP contribution in [0.4, 0.5) is 4.39 Å². The van der Waals surface area contributed by atoms with E-state index in [-0.39, 0.29) is 17.6 Å². The number of nitrogens with one attached hydrogen (secondary N) is 1. The van der Waals surface area contributed by atoms with Gasteiger partial charge in [0.1, 0.15) is 0 Å². The van der Waals surface area contributed by atoms with Crippen LogP contribution in [0.15, 0.2) is 18.2 Å². The van der Waals surface area contributed by atoms with Crippen LogP contribution >= 0.6 is 11.5 Å². The van der Waals surface area contributed by atoms with Crippen molar-refractivity contribution in [3.63, 3.8) is 0 Å². The van der Waals surface area contributed by atoms with Crippen molar-refractivity contribution in [2.24, 2.45) is 0 Å². The molecule has 6 heteroatoms. The number of hydrogen-bond donors (Lipinski definition) is 1. The average Bonchev–Trinajstić information content (AvgIpc) is 2.84. The zero-order valence-electron chi connectivity index (χ0n) is 11.1. The highest BCUT2D eigenvalue weighted by atomic mass is 32.1. The third kappa shape index (κ3) is 2.90. The lowest BCUT2D eigenvalue weighted by molar-refractivity contribution is 0.383. The second-order valence-electron chi connectivity index (χ2n) is 4.20. The first-order valence-electron chi connectivity index (χ1n) is 5.94. The maximum atomic E-state index is 14.1. The Bertz CT molecular complexity index is 559. The molecule has 0 saturated heterocycles. The van der Waals surface area contributed by atoms with E-state index in [1.807, 2.05) is 14.0 Å². The molecular formula is C13H16FN3OS. The van der Waals surface area contributed by atoms with Gasteiger partial charge in [0.25, 0.3) is 0 Å². The molecule has 1 unspecified atom stereocenters. The molecule has 19 heavy (non-hydrogen) atoms. The second-order valence-corrected chi connectivity index (χ2v) is 4.99. The summed E-state index contributed by atoms with van der Waals surface area (Å²) in [6, 6.07) is 5.18. The summed E-state index contributed by atoms with van der Waals surface area (Å²) in [4.78, 5) is 1.03. The van der Waals surface area contributed by atoms with E-state index in [9.17, 15) is 4.39 Å². The molecule has 1 N–H and O–H groups in total. The van der Waals surface area contributed by atoms with Crippen LogP contribution < -0.4 is 10.1 Å². The zero-order chi connectivity index (χ0) is 13.8. The summed E-state index contributed by atoms with van der Waals surface area (Å²) in [6.45, 7) is 1.91. The fourth-order valence-electron chi connectivity index (χ4n) is 1.97. The first kappa shape index (κ1) is 13.9. The summed E-state index contributed by atoms with van der Waals surface area (Å²) in [5.41, 5.74) is 1.50. The molecule has 0 bridgehead atoms. The van der Waals surface area contributed by atoms with E-state index in [0.717, 1.165) is 10.6 Å². The first-order chi connectivity index (χ1) is 9.17. The molecule has 1 aromatic carbocycles. The van der Waals surface area contributed by atoms with Crippen molar-refractivity contribution < 1.29 is 9.13 Å². The highest BCUT2D eigenvalue weighted by Gasteiger charge is 2.19. The normalized spacial score (nSPS) is 12.4. The van der Waals surface area contributed by atoms with Gasteiger partial charge in [0.05, 0.1) is 17.7 Å². The van der Waals surface area contributed by atoms with Crippen molar-refractivity contribution in [3.8, 4) is 5.75 Å². The van der Waals surface area contributed by atoms with Gasteiger partial charge in [-0.05, 0) is 43.6 Å². The van der Waals surface area contributed by atoms with Gasteiger partial charge < -0.3 is 10.1 Å². The van der Waals surface area contributed by atoms with E-state index in [4.69, 9.17) is 4.74 Å². The molecule has 0 fully saturated rings. The predicted octanol–water partition coefficient (Wildman–Crippen LogP) is 2.50. The Morgan fingerprint density at radius 3 is 2.84 bits per heavy atom. The Morgan fingerprint density at radius 2 is 2.26 bits per heavy atom. The van der Waals surface area contributed by atoms with Crippen LogP contribution in [0, 0.1) is 12.7 Å². The van der Waals surface area contributed by atoms with E-state index in [1.54, 1.807) is 18.2 Å². The molecule has 2 rings (SSSR count). The molecule has 0 amide bonds. The molecule has 1 atom stereocenters. The van der Waals surface area contributed by atoms with E-state index in [0.29, 0.717) is 12.0 Å². The number of aromatic nitrogens is 2. The first-order valence-corrected chi connectivity index (χ1v) is 6.72. The third-order valence-electron chi connectivity index (χ3n) is 3.04. The summed E-state index contributed by atoms with van der Waals surface area (Å²) in [5, 5.41) is 7.17. The lowest BCUT2D eigenvalue weighted by Gasteiger charge is -2.16. The number of benzene rings is 1. The topological polar surface area (TPSA) is 47.0 Å². The second kappa shape index (κ2) is 6.08. The van der Waals surface area contributed by atoms with E-state index >= 15 is 0 Å².